The molecule has 1 aliphatic rings. The monoisotopic (exact) mass is 603 g/mol. The summed E-state index contributed by atoms with van der Waals surface area (Å²) in [4.78, 5) is 19.1. The van der Waals surface area contributed by atoms with E-state index in [2.05, 4.69) is 4.98 Å². The van der Waals surface area contributed by atoms with Crippen LogP contribution in [0, 0.1) is 5.41 Å². The largest absolute Gasteiger partial charge is 0.444 e. The number of alkyl halides is 3. The maximum atomic E-state index is 14.2. The predicted octanol–water partition coefficient (Wildman–Crippen LogP) is 7.65. The van der Waals surface area contributed by atoms with Crippen molar-refractivity contribution in [1.82, 2.24) is 14.5 Å². The molecular formula is C33H44F3N3O4. The molecule has 4 rings (SSSR count). The molecule has 43 heavy (non-hydrogen) atoms. The van der Waals surface area contributed by atoms with Crippen molar-refractivity contribution >= 4 is 17.0 Å². The maximum absolute atomic E-state index is 14.2. The first kappa shape index (κ1) is 32.8. The van der Waals surface area contributed by atoms with Gasteiger partial charge >= 0.3 is 12.3 Å². The molecule has 1 aliphatic heterocycles. The van der Waals surface area contributed by atoms with Crippen molar-refractivity contribution in [3.8, 4) is 11.3 Å². The summed E-state index contributed by atoms with van der Waals surface area (Å²) in [6, 6.07) is 9.13. The van der Waals surface area contributed by atoms with Crippen molar-refractivity contribution in [2.24, 2.45) is 5.41 Å². The fourth-order valence-electron chi connectivity index (χ4n) is 5.86. The predicted molar refractivity (Wildman–Crippen MR) is 161 cm³/mol. The normalized spacial score (nSPS) is 17.4. The Kier molecular flexibility index (Phi) is 9.52. The molecule has 1 saturated heterocycles. The quantitative estimate of drug-likeness (QED) is 0.286. The third kappa shape index (κ3) is 7.70. The molecule has 0 bridgehead atoms. The topological polar surface area (TPSA) is 76.8 Å². The van der Waals surface area contributed by atoms with Gasteiger partial charge in [-0.05, 0) is 87.8 Å². The van der Waals surface area contributed by atoms with Crippen LogP contribution in [0.3, 0.4) is 0 Å². The van der Waals surface area contributed by atoms with Gasteiger partial charge < -0.3 is 24.0 Å². The van der Waals surface area contributed by atoms with Gasteiger partial charge in [-0.3, -0.25) is 4.98 Å². The minimum Gasteiger partial charge on any atom is -0.444 e. The highest BCUT2D eigenvalue weighted by Crippen LogP contribution is 2.43. The number of fused-ring (bicyclic) bond motifs is 1. The highest BCUT2D eigenvalue weighted by molar-refractivity contribution is 5.93. The van der Waals surface area contributed by atoms with E-state index in [9.17, 15) is 23.1 Å². The van der Waals surface area contributed by atoms with Crippen molar-refractivity contribution in [2.75, 3.05) is 26.8 Å². The Hall–Kier alpha value is -3.11. The number of piperidine rings is 1. The Morgan fingerprint density at radius 2 is 1.88 bits per heavy atom. The molecule has 0 radical (unpaired) electrons. The molecule has 3 aromatic rings. The Morgan fingerprint density at radius 3 is 2.51 bits per heavy atom. The molecule has 1 unspecified atom stereocenters. The van der Waals surface area contributed by atoms with Crippen molar-refractivity contribution < 1.29 is 32.5 Å². The average molecular weight is 604 g/mol. The Labute approximate surface area is 252 Å². The van der Waals surface area contributed by atoms with Crippen LogP contribution in [-0.4, -0.2) is 64.2 Å². The van der Waals surface area contributed by atoms with E-state index in [1.807, 2.05) is 53.7 Å². The van der Waals surface area contributed by atoms with E-state index in [1.165, 1.54) is 4.57 Å². The van der Waals surface area contributed by atoms with E-state index in [-0.39, 0.29) is 18.6 Å². The van der Waals surface area contributed by atoms with E-state index in [4.69, 9.17) is 9.47 Å². The number of halogens is 3. The van der Waals surface area contributed by atoms with Crippen LogP contribution in [0.5, 0.6) is 0 Å². The lowest BCUT2D eigenvalue weighted by molar-refractivity contribution is -0.139. The van der Waals surface area contributed by atoms with Gasteiger partial charge in [-0.25, -0.2) is 4.79 Å². The average Bonchev–Trinajstić information content (AvgIpc) is 3.21. The van der Waals surface area contributed by atoms with Gasteiger partial charge in [0.05, 0.1) is 17.5 Å². The molecule has 0 saturated carbocycles. The molecule has 7 nitrogen and oxygen atoms in total. The van der Waals surface area contributed by atoms with Crippen molar-refractivity contribution in [1.29, 1.82) is 0 Å². The third-order valence-electron chi connectivity index (χ3n) is 7.99. The zero-order chi connectivity index (χ0) is 31.7. The summed E-state index contributed by atoms with van der Waals surface area (Å²) in [6.45, 7) is 10.9. The van der Waals surface area contributed by atoms with Crippen molar-refractivity contribution in [3.63, 3.8) is 0 Å². The lowest BCUT2D eigenvalue weighted by Gasteiger charge is -2.34. The number of benzene rings is 1. The summed E-state index contributed by atoms with van der Waals surface area (Å²) in [5.41, 5.74) is 2.46. The van der Waals surface area contributed by atoms with E-state index in [1.54, 1.807) is 36.4 Å². The molecule has 236 valence electrons. The zero-order valence-electron chi connectivity index (χ0n) is 26.2. The number of likely N-dealkylation sites (tertiary alicyclic amines) is 1. The summed E-state index contributed by atoms with van der Waals surface area (Å²) < 4.78 is 55.0. The highest BCUT2D eigenvalue weighted by atomic mass is 19.4. The summed E-state index contributed by atoms with van der Waals surface area (Å²) in [7, 11) is 1.54. The number of carbonyl (C=O) groups is 1. The van der Waals surface area contributed by atoms with Crippen molar-refractivity contribution in [3.05, 3.63) is 53.3 Å². The van der Waals surface area contributed by atoms with Crippen LogP contribution in [0.15, 0.2) is 36.5 Å². The number of ether oxygens (including phenoxy) is 2. The molecule has 2 atom stereocenters. The minimum atomic E-state index is -4.48. The molecule has 1 N–H and O–H groups in total. The summed E-state index contributed by atoms with van der Waals surface area (Å²) in [6.07, 6.45) is -1.71. The highest BCUT2D eigenvalue weighted by Gasteiger charge is 2.35. The summed E-state index contributed by atoms with van der Waals surface area (Å²) in [5.74, 6) is 0.00116. The SMILES string of the molecule is CO[C@@H](C)c1ncccc1-c1c(CC(C)(C)CO)c2cc(C3CCCN(C(=O)OC(C)(C)C)C3)ccc2n1CC(F)(F)F. The standard InChI is InChI=1S/C33H44F3N3O4/c1-21(42-7)28-24(11-8-14-37-28)29-26(17-32(5,6)20-40)25-16-22(12-13-27(25)39(29)19-33(34,35)36)23-10-9-15-38(18-23)30(41)43-31(2,3)4/h8,11-14,16,21,23,40H,9-10,15,17-20H2,1-7H3/t21-,23?/m0/s1. The molecular weight excluding hydrogens is 559 g/mol. The second kappa shape index (κ2) is 12.5. The van der Waals surface area contributed by atoms with Crippen LogP contribution < -0.4 is 0 Å². The number of methoxy groups -OCH3 is 1. The second-order valence-corrected chi connectivity index (χ2v) is 13.4. The fourth-order valence-corrected chi connectivity index (χ4v) is 5.86. The minimum absolute atomic E-state index is 0.00116. The van der Waals surface area contributed by atoms with Gasteiger partial charge in [-0.2, -0.15) is 13.2 Å². The molecule has 1 aromatic carbocycles. The zero-order valence-corrected chi connectivity index (χ0v) is 26.2. The Bertz CT molecular complexity index is 1440. The number of amides is 1. The lowest BCUT2D eigenvalue weighted by atomic mass is 9.83. The van der Waals surface area contributed by atoms with Crippen LogP contribution in [0.4, 0.5) is 18.0 Å². The first-order valence-electron chi connectivity index (χ1n) is 14.8. The van der Waals surface area contributed by atoms with E-state index >= 15 is 0 Å². The molecule has 1 amide bonds. The smallest absolute Gasteiger partial charge is 0.410 e. The van der Waals surface area contributed by atoms with Gasteiger partial charge in [0.2, 0.25) is 0 Å². The summed E-state index contributed by atoms with van der Waals surface area (Å²) in [5, 5.41) is 10.9. The Morgan fingerprint density at radius 1 is 1.16 bits per heavy atom. The molecule has 1 fully saturated rings. The van der Waals surface area contributed by atoms with E-state index in [0.717, 1.165) is 24.0 Å². The van der Waals surface area contributed by atoms with E-state index in [0.29, 0.717) is 47.4 Å². The second-order valence-electron chi connectivity index (χ2n) is 13.4. The molecule has 0 spiro atoms. The maximum Gasteiger partial charge on any atom is 0.410 e. The van der Waals surface area contributed by atoms with Crippen LogP contribution in [0.1, 0.15) is 83.2 Å². The first-order valence-corrected chi connectivity index (χ1v) is 14.8. The number of rotatable bonds is 8. The van der Waals surface area contributed by atoms with Crippen LogP contribution >= 0.6 is 0 Å². The van der Waals surface area contributed by atoms with Gasteiger partial charge in [0.15, 0.2) is 0 Å². The summed E-state index contributed by atoms with van der Waals surface area (Å²) >= 11 is 0. The van der Waals surface area contributed by atoms with Crippen LogP contribution in [0.25, 0.3) is 22.2 Å². The number of nitrogens with zero attached hydrogens (tertiary/aromatic N) is 3. The first-order chi connectivity index (χ1) is 20.0. The number of aliphatic hydroxyl groups excluding tert-OH is 1. The molecule has 0 aliphatic carbocycles. The van der Waals surface area contributed by atoms with Crippen LogP contribution in [-0.2, 0) is 22.4 Å². The van der Waals surface area contributed by atoms with Crippen molar-refractivity contribution in [2.45, 2.75) is 91.1 Å². The van der Waals surface area contributed by atoms with Gasteiger partial charge in [-0.1, -0.05) is 19.9 Å². The third-order valence-corrected chi connectivity index (χ3v) is 7.99. The van der Waals surface area contributed by atoms with Gasteiger partial charge in [0, 0.05) is 55.4 Å². The van der Waals surface area contributed by atoms with Gasteiger partial charge in [0.1, 0.15) is 12.1 Å². The van der Waals surface area contributed by atoms with Crippen LogP contribution in [0.2, 0.25) is 0 Å². The molecule has 10 heteroatoms. The lowest BCUT2D eigenvalue weighted by Crippen LogP contribution is -2.42. The number of aromatic nitrogens is 2. The van der Waals surface area contributed by atoms with Gasteiger partial charge in [-0.15, -0.1) is 0 Å². The number of aliphatic hydroxyl groups is 1. The van der Waals surface area contributed by atoms with E-state index < -0.39 is 29.8 Å². The fraction of sp³-hybridized carbons (Fsp3) is 0.576. The van der Waals surface area contributed by atoms with Gasteiger partial charge in [0.25, 0.3) is 0 Å². The molecule has 3 heterocycles. The molecule has 2 aromatic heterocycles. The number of hydrogen-bond acceptors (Lipinski definition) is 5. The number of hydrogen-bond donors (Lipinski definition) is 1. The Balaban J connectivity index is 1.92. The number of carbonyl (C=O) groups excluding carboxylic acids is 1. The number of pyridine rings is 1.